The Morgan fingerprint density at radius 1 is 1.12 bits per heavy atom. The van der Waals surface area contributed by atoms with Crippen molar-refractivity contribution in [1.82, 2.24) is 4.98 Å². The molecule has 0 saturated heterocycles. The molecule has 2 aromatic rings. The number of nitrogens with zero attached hydrogens (tertiary/aromatic N) is 1. The molecule has 0 bridgehead atoms. The molecule has 1 aromatic heterocycles. The van der Waals surface area contributed by atoms with Crippen LogP contribution in [0.25, 0.3) is 0 Å². The molecule has 16 heavy (non-hydrogen) atoms. The minimum Gasteiger partial charge on any atom is -0.340 e. The first-order chi connectivity index (χ1) is 7.65. The summed E-state index contributed by atoms with van der Waals surface area (Å²) in [5.74, 6) is -0.439. The highest BCUT2D eigenvalue weighted by Crippen LogP contribution is 2.21. The minimum atomic E-state index is -0.487. The monoisotopic (exact) mass is 240 g/mol. The number of hydrogen-bond donors (Lipinski definition) is 1. The second-order valence-corrected chi connectivity index (χ2v) is 3.52. The summed E-state index contributed by atoms with van der Waals surface area (Å²) in [7, 11) is 0. The van der Waals surface area contributed by atoms with Crippen molar-refractivity contribution in [2.75, 3.05) is 5.32 Å². The van der Waals surface area contributed by atoms with Gasteiger partial charge in [-0.15, -0.1) is 0 Å². The normalized spacial score (nSPS) is 10.2. The molecule has 0 spiro atoms. The number of halogens is 3. The van der Waals surface area contributed by atoms with Crippen molar-refractivity contribution in [3.63, 3.8) is 0 Å². The third kappa shape index (κ3) is 2.46. The first-order valence-corrected chi connectivity index (χ1v) is 4.86. The van der Waals surface area contributed by atoms with Gasteiger partial charge in [-0.05, 0) is 30.3 Å². The molecule has 0 aliphatic heterocycles. The largest absolute Gasteiger partial charge is 0.340 e. The molecule has 0 fully saturated rings. The molecule has 82 valence electrons. The van der Waals surface area contributed by atoms with Crippen LogP contribution < -0.4 is 5.32 Å². The van der Waals surface area contributed by atoms with Crippen LogP contribution in [0, 0.1) is 11.6 Å². The SMILES string of the molecule is Fc1ccc(Nc2ccc(F)c(Cl)c2)nc1. The fourth-order valence-electron chi connectivity index (χ4n) is 1.17. The van der Waals surface area contributed by atoms with Crippen LogP contribution in [0.1, 0.15) is 0 Å². The number of anilines is 2. The van der Waals surface area contributed by atoms with E-state index < -0.39 is 11.6 Å². The van der Waals surface area contributed by atoms with Crippen LogP contribution in [0.4, 0.5) is 20.3 Å². The fourth-order valence-corrected chi connectivity index (χ4v) is 1.35. The van der Waals surface area contributed by atoms with Crippen LogP contribution >= 0.6 is 11.6 Å². The summed E-state index contributed by atoms with van der Waals surface area (Å²) in [6.45, 7) is 0. The van der Waals surface area contributed by atoms with E-state index in [0.29, 0.717) is 11.5 Å². The summed E-state index contributed by atoms with van der Waals surface area (Å²) >= 11 is 5.61. The molecular weight excluding hydrogens is 234 g/mol. The van der Waals surface area contributed by atoms with Crippen molar-refractivity contribution in [1.29, 1.82) is 0 Å². The van der Waals surface area contributed by atoms with E-state index >= 15 is 0 Å². The molecule has 0 aliphatic rings. The Balaban J connectivity index is 2.20. The van der Waals surface area contributed by atoms with E-state index in [1.807, 2.05) is 0 Å². The average Bonchev–Trinajstić information content (AvgIpc) is 2.27. The molecule has 0 atom stereocenters. The van der Waals surface area contributed by atoms with Gasteiger partial charge in [0.2, 0.25) is 0 Å². The maximum absolute atomic E-state index is 12.9. The molecular formula is C11H7ClF2N2. The zero-order valence-electron chi connectivity index (χ0n) is 8.05. The minimum absolute atomic E-state index is 0.0205. The van der Waals surface area contributed by atoms with E-state index in [4.69, 9.17) is 11.6 Å². The number of hydrogen-bond acceptors (Lipinski definition) is 2. The van der Waals surface area contributed by atoms with Crippen molar-refractivity contribution < 1.29 is 8.78 Å². The summed E-state index contributed by atoms with van der Waals surface area (Å²) in [6, 6.07) is 6.95. The van der Waals surface area contributed by atoms with Crippen LogP contribution in [0.3, 0.4) is 0 Å². The Labute approximate surface area is 95.9 Å². The molecule has 0 unspecified atom stereocenters. The van der Waals surface area contributed by atoms with E-state index in [-0.39, 0.29) is 5.02 Å². The first kappa shape index (κ1) is 10.8. The van der Waals surface area contributed by atoms with Crippen LogP contribution in [0.15, 0.2) is 36.5 Å². The van der Waals surface area contributed by atoms with E-state index in [2.05, 4.69) is 10.3 Å². The molecule has 1 aromatic carbocycles. The van der Waals surface area contributed by atoms with Crippen molar-refractivity contribution in [2.45, 2.75) is 0 Å². The molecule has 0 saturated carbocycles. The lowest BCUT2D eigenvalue weighted by atomic mass is 10.3. The van der Waals surface area contributed by atoms with Crippen molar-refractivity contribution in [3.05, 3.63) is 53.2 Å². The van der Waals surface area contributed by atoms with Crippen LogP contribution in [0.2, 0.25) is 5.02 Å². The molecule has 1 N–H and O–H groups in total. The number of rotatable bonds is 2. The summed E-state index contributed by atoms with van der Waals surface area (Å²) in [5, 5.41) is 2.89. The lowest BCUT2D eigenvalue weighted by molar-refractivity contribution is 0.622. The molecule has 2 nitrogen and oxygen atoms in total. The van der Waals surface area contributed by atoms with Crippen molar-refractivity contribution in [2.24, 2.45) is 0 Å². The van der Waals surface area contributed by atoms with Gasteiger partial charge in [0.05, 0.1) is 11.2 Å². The number of benzene rings is 1. The van der Waals surface area contributed by atoms with Gasteiger partial charge in [0, 0.05) is 5.69 Å². The van der Waals surface area contributed by atoms with Crippen LogP contribution in [0.5, 0.6) is 0 Å². The second kappa shape index (κ2) is 4.45. The third-order valence-corrected chi connectivity index (χ3v) is 2.21. The summed E-state index contributed by atoms with van der Waals surface area (Å²) in [5.41, 5.74) is 0.588. The fraction of sp³-hybridized carbons (Fsp3) is 0. The Kier molecular flexibility index (Phi) is 3.01. The van der Waals surface area contributed by atoms with E-state index in [1.165, 1.54) is 30.3 Å². The van der Waals surface area contributed by atoms with Gasteiger partial charge in [0.1, 0.15) is 17.5 Å². The molecule has 0 aliphatic carbocycles. The van der Waals surface area contributed by atoms with Crippen LogP contribution in [-0.4, -0.2) is 4.98 Å². The van der Waals surface area contributed by atoms with Gasteiger partial charge in [0.15, 0.2) is 0 Å². The molecule has 0 radical (unpaired) electrons. The summed E-state index contributed by atoms with van der Waals surface area (Å²) in [4.78, 5) is 3.80. The Morgan fingerprint density at radius 2 is 1.94 bits per heavy atom. The topological polar surface area (TPSA) is 24.9 Å². The Hall–Kier alpha value is -1.68. The highest BCUT2D eigenvalue weighted by molar-refractivity contribution is 6.31. The van der Waals surface area contributed by atoms with E-state index in [9.17, 15) is 8.78 Å². The average molecular weight is 241 g/mol. The maximum Gasteiger partial charge on any atom is 0.141 e. The quantitative estimate of drug-likeness (QED) is 0.865. The van der Waals surface area contributed by atoms with Gasteiger partial charge in [-0.25, -0.2) is 13.8 Å². The van der Waals surface area contributed by atoms with E-state index in [0.717, 1.165) is 6.20 Å². The smallest absolute Gasteiger partial charge is 0.141 e. The standard InChI is InChI=1S/C11H7ClF2N2/c12-9-5-8(2-3-10(9)14)16-11-4-1-7(13)6-15-11/h1-6H,(H,15,16). The maximum atomic E-state index is 12.9. The highest BCUT2D eigenvalue weighted by Gasteiger charge is 2.01. The van der Waals surface area contributed by atoms with Gasteiger partial charge in [-0.2, -0.15) is 0 Å². The Bertz CT molecular complexity index is 500. The first-order valence-electron chi connectivity index (χ1n) is 4.49. The molecule has 2 rings (SSSR count). The predicted octanol–water partition coefficient (Wildman–Crippen LogP) is 3.76. The second-order valence-electron chi connectivity index (χ2n) is 3.12. The zero-order valence-corrected chi connectivity index (χ0v) is 8.80. The number of pyridine rings is 1. The zero-order chi connectivity index (χ0) is 11.5. The molecule has 0 amide bonds. The lowest BCUT2D eigenvalue weighted by Gasteiger charge is -2.05. The van der Waals surface area contributed by atoms with Gasteiger partial charge in [-0.1, -0.05) is 11.6 Å². The molecule has 5 heteroatoms. The third-order valence-electron chi connectivity index (χ3n) is 1.92. The summed E-state index contributed by atoms with van der Waals surface area (Å²) in [6.07, 6.45) is 1.09. The van der Waals surface area contributed by atoms with Gasteiger partial charge < -0.3 is 5.32 Å². The number of nitrogens with one attached hydrogen (secondary N) is 1. The van der Waals surface area contributed by atoms with Crippen molar-refractivity contribution >= 4 is 23.1 Å². The molecule has 1 heterocycles. The van der Waals surface area contributed by atoms with Crippen LogP contribution in [-0.2, 0) is 0 Å². The number of aromatic nitrogens is 1. The Morgan fingerprint density at radius 3 is 2.56 bits per heavy atom. The van der Waals surface area contributed by atoms with Gasteiger partial charge >= 0.3 is 0 Å². The van der Waals surface area contributed by atoms with E-state index in [1.54, 1.807) is 0 Å². The summed E-state index contributed by atoms with van der Waals surface area (Å²) < 4.78 is 25.4. The van der Waals surface area contributed by atoms with Crippen molar-refractivity contribution in [3.8, 4) is 0 Å². The predicted molar refractivity (Wildman–Crippen MR) is 58.9 cm³/mol. The highest BCUT2D eigenvalue weighted by atomic mass is 35.5. The van der Waals surface area contributed by atoms with Gasteiger partial charge in [-0.3, -0.25) is 0 Å². The lowest BCUT2D eigenvalue weighted by Crippen LogP contribution is -1.93. The van der Waals surface area contributed by atoms with Gasteiger partial charge in [0.25, 0.3) is 0 Å².